The van der Waals surface area contributed by atoms with Gasteiger partial charge in [-0.1, -0.05) is 13.8 Å². The first-order chi connectivity index (χ1) is 13.2. The van der Waals surface area contributed by atoms with Gasteiger partial charge >= 0.3 is 0 Å². The van der Waals surface area contributed by atoms with Crippen LogP contribution in [0.4, 0.5) is 5.69 Å². The van der Waals surface area contributed by atoms with Crippen LogP contribution in [-0.4, -0.2) is 71.2 Å². The normalized spacial score (nSPS) is 15.3. The lowest BCUT2D eigenvalue weighted by Gasteiger charge is -2.35. The molecule has 1 aromatic carbocycles. The molecule has 28 heavy (non-hydrogen) atoms. The van der Waals surface area contributed by atoms with Crippen LogP contribution < -0.4 is 11.1 Å². The van der Waals surface area contributed by atoms with Crippen LogP contribution in [0.1, 0.15) is 24.2 Å². The maximum atomic E-state index is 12.5. The van der Waals surface area contributed by atoms with E-state index in [0.717, 1.165) is 0 Å². The molecule has 10 nitrogen and oxygen atoms in total. The fourth-order valence-electron chi connectivity index (χ4n) is 2.76. The molecular weight excluding hydrogens is 366 g/mol. The lowest BCUT2D eigenvalue weighted by Crippen LogP contribution is -2.53. The molecule has 0 unspecified atom stereocenters. The Morgan fingerprint density at radius 2 is 1.64 bits per heavy atom. The Labute approximate surface area is 162 Å². The number of nitrogens with two attached hydrogens (primary N) is 1. The Morgan fingerprint density at radius 1 is 1.11 bits per heavy atom. The van der Waals surface area contributed by atoms with E-state index >= 15 is 0 Å². The summed E-state index contributed by atoms with van der Waals surface area (Å²) < 4.78 is 0. The molecule has 1 aliphatic rings. The number of piperazine rings is 1. The Hall–Kier alpha value is -3.01. The van der Waals surface area contributed by atoms with Crippen molar-refractivity contribution in [1.29, 1.82) is 0 Å². The number of carbonyl (C=O) groups excluding carboxylic acids is 3. The molecule has 1 saturated heterocycles. The lowest BCUT2D eigenvalue weighted by molar-refractivity contribution is -0.384. The standard InChI is InChI=1S/C18H25N5O5/c1-12(2)16(19)17(25)20-11-15(24)21-7-9-22(10-8-21)18(26)13-3-5-14(6-4-13)23(27)28/h3-6,12,16H,7-11,19H2,1-2H3,(H,20,25)/t16-/m0/s1. The summed E-state index contributed by atoms with van der Waals surface area (Å²) in [5.74, 6) is -0.857. The monoisotopic (exact) mass is 391 g/mol. The highest BCUT2D eigenvalue weighted by Gasteiger charge is 2.26. The van der Waals surface area contributed by atoms with Crippen molar-refractivity contribution < 1.29 is 19.3 Å². The second-order valence-electron chi connectivity index (χ2n) is 6.96. The third-order valence-corrected chi connectivity index (χ3v) is 4.68. The first kappa shape index (κ1) is 21.3. The fraction of sp³-hybridized carbons (Fsp3) is 0.500. The van der Waals surface area contributed by atoms with Gasteiger partial charge in [0.2, 0.25) is 11.8 Å². The van der Waals surface area contributed by atoms with Crippen LogP contribution in [0, 0.1) is 16.0 Å². The molecule has 1 aliphatic heterocycles. The van der Waals surface area contributed by atoms with Crippen molar-refractivity contribution in [3.63, 3.8) is 0 Å². The second-order valence-corrected chi connectivity index (χ2v) is 6.96. The number of rotatable bonds is 6. The molecule has 3 N–H and O–H groups in total. The summed E-state index contributed by atoms with van der Waals surface area (Å²) in [5.41, 5.74) is 6.02. The molecule has 0 spiro atoms. The Kier molecular flexibility index (Phi) is 7.05. The molecule has 0 bridgehead atoms. The van der Waals surface area contributed by atoms with Crippen LogP contribution in [0.3, 0.4) is 0 Å². The number of non-ortho nitro benzene ring substituents is 1. The van der Waals surface area contributed by atoms with Gasteiger partial charge < -0.3 is 20.9 Å². The van der Waals surface area contributed by atoms with Gasteiger partial charge in [-0.05, 0) is 18.1 Å². The summed E-state index contributed by atoms with van der Waals surface area (Å²) in [5, 5.41) is 13.2. The zero-order chi connectivity index (χ0) is 20.8. The maximum absolute atomic E-state index is 12.5. The molecule has 0 aromatic heterocycles. The van der Waals surface area contributed by atoms with E-state index in [-0.39, 0.29) is 35.9 Å². The number of hydrogen-bond acceptors (Lipinski definition) is 6. The van der Waals surface area contributed by atoms with E-state index in [9.17, 15) is 24.5 Å². The molecule has 0 aliphatic carbocycles. The van der Waals surface area contributed by atoms with Crippen molar-refractivity contribution >= 4 is 23.4 Å². The number of benzene rings is 1. The van der Waals surface area contributed by atoms with Crippen molar-refractivity contribution in [2.45, 2.75) is 19.9 Å². The quantitative estimate of drug-likeness (QED) is 0.516. The van der Waals surface area contributed by atoms with E-state index in [2.05, 4.69) is 5.32 Å². The first-order valence-electron chi connectivity index (χ1n) is 9.05. The van der Waals surface area contributed by atoms with Gasteiger partial charge in [0.15, 0.2) is 0 Å². The summed E-state index contributed by atoms with van der Waals surface area (Å²) in [7, 11) is 0. The average Bonchev–Trinajstić information content (AvgIpc) is 2.70. The number of nitro groups is 1. The van der Waals surface area contributed by atoms with E-state index in [1.807, 2.05) is 13.8 Å². The van der Waals surface area contributed by atoms with E-state index in [4.69, 9.17) is 5.73 Å². The zero-order valence-electron chi connectivity index (χ0n) is 16.0. The van der Waals surface area contributed by atoms with Crippen LogP contribution in [0.15, 0.2) is 24.3 Å². The highest BCUT2D eigenvalue weighted by Crippen LogP contribution is 2.14. The van der Waals surface area contributed by atoms with Crippen molar-refractivity contribution in [2.24, 2.45) is 11.7 Å². The Bertz CT molecular complexity index is 741. The number of nitrogens with zero attached hydrogens (tertiary/aromatic N) is 3. The number of hydrogen-bond donors (Lipinski definition) is 2. The fourth-order valence-corrected chi connectivity index (χ4v) is 2.76. The van der Waals surface area contributed by atoms with Gasteiger partial charge in [-0.15, -0.1) is 0 Å². The smallest absolute Gasteiger partial charge is 0.269 e. The minimum Gasteiger partial charge on any atom is -0.346 e. The molecule has 3 amide bonds. The van der Waals surface area contributed by atoms with Crippen LogP contribution in [0.5, 0.6) is 0 Å². The maximum Gasteiger partial charge on any atom is 0.269 e. The minimum absolute atomic E-state index is 0.0240. The molecule has 10 heteroatoms. The van der Waals surface area contributed by atoms with Gasteiger partial charge in [0, 0.05) is 43.9 Å². The van der Waals surface area contributed by atoms with Crippen molar-refractivity contribution in [3.05, 3.63) is 39.9 Å². The number of carbonyl (C=O) groups is 3. The molecule has 2 rings (SSSR count). The average molecular weight is 391 g/mol. The number of nitrogens with one attached hydrogen (secondary N) is 1. The predicted molar refractivity (Wildman–Crippen MR) is 101 cm³/mol. The van der Waals surface area contributed by atoms with E-state index < -0.39 is 11.0 Å². The van der Waals surface area contributed by atoms with Crippen LogP contribution >= 0.6 is 0 Å². The van der Waals surface area contributed by atoms with E-state index in [1.165, 1.54) is 24.3 Å². The van der Waals surface area contributed by atoms with Gasteiger partial charge in [0.1, 0.15) is 0 Å². The summed E-state index contributed by atoms with van der Waals surface area (Å²) in [6, 6.07) is 4.76. The zero-order valence-corrected chi connectivity index (χ0v) is 16.0. The van der Waals surface area contributed by atoms with Gasteiger partial charge in [-0.25, -0.2) is 0 Å². The van der Waals surface area contributed by atoms with Crippen molar-refractivity contribution in [2.75, 3.05) is 32.7 Å². The second kappa shape index (κ2) is 9.27. The lowest BCUT2D eigenvalue weighted by atomic mass is 10.1. The SMILES string of the molecule is CC(C)[C@H](N)C(=O)NCC(=O)N1CCN(C(=O)c2ccc([N+](=O)[O-])cc2)CC1. The molecule has 0 radical (unpaired) electrons. The molecular formula is C18H25N5O5. The van der Waals surface area contributed by atoms with E-state index in [1.54, 1.807) is 9.80 Å². The Balaban J connectivity index is 1.83. The molecule has 1 atom stereocenters. The van der Waals surface area contributed by atoms with Crippen LogP contribution in [0.25, 0.3) is 0 Å². The molecule has 0 saturated carbocycles. The van der Waals surface area contributed by atoms with Gasteiger partial charge in [0.25, 0.3) is 11.6 Å². The van der Waals surface area contributed by atoms with Gasteiger partial charge in [-0.2, -0.15) is 0 Å². The molecule has 1 aromatic rings. The summed E-state index contributed by atoms with van der Waals surface area (Å²) in [6.07, 6.45) is 0. The van der Waals surface area contributed by atoms with Gasteiger partial charge in [-0.3, -0.25) is 24.5 Å². The molecule has 1 heterocycles. The number of amides is 3. The largest absolute Gasteiger partial charge is 0.346 e. The third-order valence-electron chi connectivity index (χ3n) is 4.68. The first-order valence-corrected chi connectivity index (χ1v) is 9.05. The van der Waals surface area contributed by atoms with Crippen LogP contribution in [0.2, 0.25) is 0 Å². The summed E-state index contributed by atoms with van der Waals surface area (Å²) in [6.45, 7) is 4.92. The van der Waals surface area contributed by atoms with E-state index in [0.29, 0.717) is 31.7 Å². The molecule has 1 fully saturated rings. The van der Waals surface area contributed by atoms with Crippen LogP contribution in [-0.2, 0) is 9.59 Å². The molecule has 152 valence electrons. The number of nitro benzene ring substituents is 1. The summed E-state index contributed by atoms with van der Waals surface area (Å²) >= 11 is 0. The highest BCUT2D eigenvalue weighted by molar-refractivity contribution is 5.94. The minimum atomic E-state index is -0.663. The topological polar surface area (TPSA) is 139 Å². The summed E-state index contributed by atoms with van der Waals surface area (Å²) in [4.78, 5) is 49.9. The van der Waals surface area contributed by atoms with Crippen molar-refractivity contribution in [3.8, 4) is 0 Å². The predicted octanol–water partition coefficient (Wildman–Crippen LogP) is -0.0213. The van der Waals surface area contributed by atoms with Crippen molar-refractivity contribution in [1.82, 2.24) is 15.1 Å². The third kappa shape index (κ3) is 5.26. The Morgan fingerprint density at radius 3 is 2.14 bits per heavy atom. The van der Waals surface area contributed by atoms with Gasteiger partial charge in [0.05, 0.1) is 17.5 Å². The highest BCUT2D eigenvalue weighted by atomic mass is 16.6.